The predicted octanol–water partition coefficient (Wildman–Crippen LogP) is 3.20. The number of amides is 2. The molecule has 2 amide bonds. The molecule has 2 heterocycles. The lowest BCUT2D eigenvalue weighted by Crippen LogP contribution is -2.22. The molecule has 0 aromatic heterocycles. The van der Waals surface area contributed by atoms with Crippen LogP contribution in [0, 0.1) is 11.8 Å². The van der Waals surface area contributed by atoms with Crippen LogP contribution in [0.15, 0.2) is 24.3 Å². The van der Waals surface area contributed by atoms with Crippen molar-refractivity contribution in [3.63, 3.8) is 0 Å². The highest BCUT2D eigenvalue weighted by Crippen LogP contribution is 2.21. The summed E-state index contributed by atoms with van der Waals surface area (Å²) in [6.45, 7) is 3.00. The molecule has 0 saturated carbocycles. The van der Waals surface area contributed by atoms with Crippen LogP contribution in [0.25, 0.3) is 0 Å². The molecule has 2 aliphatic rings. The number of carbonyl (C=O) groups excluding carboxylic acids is 2. The summed E-state index contributed by atoms with van der Waals surface area (Å²) < 4.78 is 10.6. The molecule has 0 atom stereocenters. The lowest BCUT2D eigenvalue weighted by Gasteiger charge is -2.21. The molecule has 2 saturated heterocycles. The monoisotopic (exact) mass is 360 g/mol. The SMILES string of the molecule is O=C(CC1CCOCC1)Nc1ccc(NC(=O)CC2CCOCC2)cc1. The maximum atomic E-state index is 12.1. The van der Waals surface area contributed by atoms with Gasteiger partial charge in [0.2, 0.25) is 11.8 Å². The Morgan fingerprint density at radius 3 is 1.42 bits per heavy atom. The van der Waals surface area contributed by atoms with Crippen LogP contribution in [-0.4, -0.2) is 38.2 Å². The first-order valence-corrected chi connectivity index (χ1v) is 9.54. The quantitative estimate of drug-likeness (QED) is 0.817. The Bertz CT molecular complexity index is 537. The third kappa shape index (κ3) is 6.11. The molecule has 142 valence electrons. The molecule has 0 bridgehead atoms. The van der Waals surface area contributed by atoms with Crippen LogP contribution in [0.4, 0.5) is 11.4 Å². The molecule has 1 aromatic carbocycles. The second kappa shape index (κ2) is 9.69. The van der Waals surface area contributed by atoms with Gasteiger partial charge in [0.1, 0.15) is 0 Å². The summed E-state index contributed by atoms with van der Waals surface area (Å²) in [5, 5.41) is 5.86. The molecular weight excluding hydrogens is 332 g/mol. The third-order valence-corrected chi connectivity index (χ3v) is 5.08. The summed E-state index contributed by atoms with van der Waals surface area (Å²) in [7, 11) is 0. The minimum absolute atomic E-state index is 0.0354. The van der Waals surface area contributed by atoms with E-state index in [1.165, 1.54) is 0 Å². The van der Waals surface area contributed by atoms with Crippen molar-refractivity contribution in [2.45, 2.75) is 38.5 Å². The van der Waals surface area contributed by atoms with Gasteiger partial charge in [0.15, 0.2) is 0 Å². The first kappa shape index (κ1) is 18.9. The van der Waals surface area contributed by atoms with Crippen molar-refractivity contribution >= 4 is 23.2 Å². The van der Waals surface area contributed by atoms with E-state index in [0.717, 1.165) is 63.5 Å². The molecule has 2 fully saturated rings. The van der Waals surface area contributed by atoms with E-state index in [2.05, 4.69) is 10.6 Å². The average molecular weight is 360 g/mol. The molecule has 6 heteroatoms. The lowest BCUT2D eigenvalue weighted by atomic mass is 9.96. The number of hydrogen-bond donors (Lipinski definition) is 2. The van der Waals surface area contributed by atoms with Gasteiger partial charge in [-0.15, -0.1) is 0 Å². The summed E-state index contributed by atoms with van der Waals surface area (Å²) in [6, 6.07) is 7.30. The zero-order valence-corrected chi connectivity index (χ0v) is 15.2. The maximum Gasteiger partial charge on any atom is 0.224 e. The van der Waals surface area contributed by atoms with Crippen LogP contribution in [0.5, 0.6) is 0 Å². The van der Waals surface area contributed by atoms with E-state index in [9.17, 15) is 9.59 Å². The number of hydrogen-bond acceptors (Lipinski definition) is 4. The van der Waals surface area contributed by atoms with Crippen LogP contribution in [0.1, 0.15) is 38.5 Å². The van der Waals surface area contributed by atoms with Gasteiger partial charge < -0.3 is 20.1 Å². The fourth-order valence-electron chi connectivity index (χ4n) is 3.49. The molecule has 1 aromatic rings. The van der Waals surface area contributed by atoms with Crippen molar-refractivity contribution in [1.29, 1.82) is 0 Å². The molecular formula is C20H28N2O4. The molecule has 0 unspecified atom stereocenters. The first-order chi connectivity index (χ1) is 12.7. The average Bonchev–Trinajstić information content (AvgIpc) is 2.65. The van der Waals surface area contributed by atoms with Crippen LogP contribution >= 0.6 is 0 Å². The number of carbonyl (C=O) groups is 2. The summed E-state index contributed by atoms with van der Waals surface area (Å²) >= 11 is 0. The number of benzene rings is 1. The highest BCUT2D eigenvalue weighted by molar-refractivity contribution is 5.93. The van der Waals surface area contributed by atoms with Gasteiger partial charge in [0.25, 0.3) is 0 Å². The van der Waals surface area contributed by atoms with E-state index >= 15 is 0 Å². The zero-order chi connectivity index (χ0) is 18.2. The Morgan fingerprint density at radius 2 is 1.08 bits per heavy atom. The second-order valence-electron chi connectivity index (χ2n) is 7.19. The third-order valence-electron chi connectivity index (χ3n) is 5.08. The number of rotatable bonds is 6. The summed E-state index contributed by atoms with van der Waals surface area (Å²) in [5.41, 5.74) is 1.51. The first-order valence-electron chi connectivity index (χ1n) is 9.54. The predicted molar refractivity (Wildman–Crippen MR) is 100 cm³/mol. The van der Waals surface area contributed by atoms with E-state index in [1.54, 1.807) is 0 Å². The van der Waals surface area contributed by atoms with Gasteiger partial charge in [0, 0.05) is 50.6 Å². The normalized spacial score (nSPS) is 19.1. The smallest absolute Gasteiger partial charge is 0.224 e. The summed E-state index contributed by atoms with van der Waals surface area (Å²) in [6.07, 6.45) is 4.87. The van der Waals surface area contributed by atoms with Crippen molar-refractivity contribution < 1.29 is 19.1 Å². The van der Waals surface area contributed by atoms with E-state index < -0.39 is 0 Å². The van der Waals surface area contributed by atoms with Crippen molar-refractivity contribution in [3.8, 4) is 0 Å². The summed E-state index contributed by atoms with van der Waals surface area (Å²) in [5.74, 6) is 0.890. The Hall–Kier alpha value is -1.92. The Balaban J connectivity index is 1.42. The number of nitrogens with one attached hydrogen (secondary N) is 2. The Morgan fingerprint density at radius 1 is 0.731 bits per heavy atom. The van der Waals surface area contributed by atoms with Gasteiger partial charge in [0.05, 0.1) is 0 Å². The molecule has 0 radical (unpaired) electrons. The van der Waals surface area contributed by atoms with E-state index in [0.29, 0.717) is 24.7 Å². The minimum Gasteiger partial charge on any atom is -0.381 e. The van der Waals surface area contributed by atoms with Crippen LogP contribution in [0.3, 0.4) is 0 Å². The summed E-state index contributed by atoms with van der Waals surface area (Å²) in [4.78, 5) is 24.3. The van der Waals surface area contributed by atoms with Crippen LogP contribution in [-0.2, 0) is 19.1 Å². The molecule has 2 N–H and O–H groups in total. The number of ether oxygens (including phenoxy) is 2. The van der Waals surface area contributed by atoms with Crippen LogP contribution < -0.4 is 10.6 Å². The van der Waals surface area contributed by atoms with Crippen molar-refractivity contribution in [1.82, 2.24) is 0 Å². The van der Waals surface area contributed by atoms with E-state index in [1.807, 2.05) is 24.3 Å². The van der Waals surface area contributed by atoms with Crippen molar-refractivity contribution in [2.24, 2.45) is 11.8 Å². The molecule has 0 spiro atoms. The minimum atomic E-state index is 0.0354. The number of anilines is 2. The van der Waals surface area contributed by atoms with Gasteiger partial charge in [-0.1, -0.05) is 0 Å². The fourth-order valence-corrected chi connectivity index (χ4v) is 3.49. The zero-order valence-electron chi connectivity index (χ0n) is 15.2. The van der Waals surface area contributed by atoms with Gasteiger partial charge in [-0.05, 0) is 61.8 Å². The Labute approximate surface area is 154 Å². The standard InChI is InChI=1S/C20H28N2O4/c23-19(13-15-5-9-25-10-6-15)21-17-1-2-18(4-3-17)22-20(24)14-16-7-11-26-12-8-16/h1-4,15-16H,5-14H2,(H,21,23)(H,22,24). The Kier molecular flexibility index (Phi) is 7.03. The van der Waals surface area contributed by atoms with Gasteiger partial charge in [-0.3, -0.25) is 9.59 Å². The fraction of sp³-hybridized carbons (Fsp3) is 0.600. The molecule has 3 rings (SSSR count). The molecule has 26 heavy (non-hydrogen) atoms. The molecule has 0 aliphatic carbocycles. The largest absolute Gasteiger partial charge is 0.381 e. The highest BCUT2D eigenvalue weighted by Gasteiger charge is 2.18. The van der Waals surface area contributed by atoms with E-state index in [-0.39, 0.29) is 11.8 Å². The molecule has 6 nitrogen and oxygen atoms in total. The van der Waals surface area contributed by atoms with Crippen molar-refractivity contribution in [2.75, 3.05) is 37.1 Å². The molecule has 2 aliphatic heterocycles. The van der Waals surface area contributed by atoms with Gasteiger partial charge >= 0.3 is 0 Å². The van der Waals surface area contributed by atoms with E-state index in [4.69, 9.17) is 9.47 Å². The van der Waals surface area contributed by atoms with Crippen LogP contribution in [0.2, 0.25) is 0 Å². The highest BCUT2D eigenvalue weighted by atomic mass is 16.5. The maximum absolute atomic E-state index is 12.1. The second-order valence-corrected chi connectivity index (χ2v) is 7.19. The lowest BCUT2D eigenvalue weighted by molar-refractivity contribution is -0.118. The van der Waals surface area contributed by atoms with Crippen molar-refractivity contribution in [3.05, 3.63) is 24.3 Å². The van der Waals surface area contributed by atoms with Gasteiger partial charge in [-0.25, -0.2) is 0 Å². The topological polar surface area (TPSA) is 76.7 Å². The van der Waals surface area contributed by atoms with Gasteiger partial charge in [-0.2, -0.15) is 0 Å².